The first kappa shape index (κ1) is 7.46. The molecule has 1 aliphatic heterocycles. The predicted molar refractivity (Wildman–Crippen MR) is 50.6 cm³/mol. The smallest absolute Gasteiger partial charge is 0.154 e. The van der Waals surface area contributed by atoms with Crippen molar-refractivity contribution >= 4 is 34.6 Å². The Bertz CT molecular complexity index is 250. The minimum absolute atomic E-state index is 0.231. The molecule has 0 amide bonds. The van der Waals surface area contributed by atoms with Gasteiger partial charge in [-0.15, -0.1) is 0 Å². The van der Waals surface area contributed by atoms with E-state index in [1.807, 2.05) is 6.08 Å². The van der Waals surface area contributed by atoms with Crippen molar-refractivity contribution in [2.24, 2.45) is 10.7 Å². The first-order chi connectivity index (χ1) is 4.75. The molecule has 0 saturated heterocycles. The van der Waals surface area contributed by atoms with Gasteiger partial charge >= 0.3 is 0 Å². The minimum atomic E-state index is 0.231. The van der Waals surface area contributed by atoms with E-state index in [2.05, 4.69) is 27.6 Å². The number of halogens is 1. The van der Waals surface area contributed by atoms with E-state index in [0.717, 1.165) is 3.58 Å². The number of hydrogen-bond donors (Lipinski definition) is 2. The second-order valence-electron chi connectivity index (χ2n) is 1.72. The Morgan fingerprint density at radius 1 is 1.70 bits per heavy atom. The Morgan fingerprint density at radius 2 is 2.40 bits per heavy atom. The van der Waals surface area contributed by atoms with Gasteiger partial charge in [-0.25, -0.2) is 4.99 Å². The number of hydrogen-bond acceptors (Lipinski definition) is 2. The van der Waals surface area contributed by atoms with E-state index >= 15 is 0 Å². The number of nitrogens with one attached hydrogen (secondary N) is 1. The standard InChI is InChI=1S/C6H6IN3/c7-5-1-2-10-6(9)4(5)3-8/h1-3,9H,8H2/b4-3-,9-6?. The Kier molecular flexibility index (Phi) is 2.21. The summed E-state index contributed by atoms with van der Waals surface area (Å²) in [6.45, 7) is 0. The normalized spacial score (nSPS) is 21.5. The van der Waals surface area contributed by atoms with Crippen LogP contribution < -0.4 is 5.73 Å². The van der Waals surface area contributed by atoms with Crippen LogP contribution in [0.25, 0.3) is 0 Å². The van der Waals surface area contributed by atoms with E-state index in [4.69, 9.17) is 11.1 Å². The maximum atomic E-state index is 7.28. The molecule has 0 radical (unpaired) electrons. The van der Waals surface area contributed by atoms with Crippen molar-refractivity contribution in [3.05, 3.63) is 21.4 Å². The number of allylic oxidation sites excluding steroid dienone is 1. The molecule has 0 aromatic rings. The highest BCUT2D eigenvalue weighted by Gasteiger charge is 2.08. The molecular weight excluding hydrogens is 241 g/mol. The molecule has 52 valence electrons. The van der Waals surface area contributed by atoms with Gasteiger partial charge in [-0.1, -0.05) is 0 Å². The molecule has 0 aromatic heterocycles. The summed E-state index contributed by atoms with van der Waals surface area (Å²) in [6.07, 6.45) is 4.81. The molecule has 10 heavy (non-hydrogen) atoms. The van der Waals surface area contributed by atoms with Gasteiger partial charge in [0.2, 0.25) is 0 Å². The molecule has 1 aliphatic rings. The van der Waals surface area contributed by atoms with Crippen LogP contribution in [0.2, 0.25) is 0 Å². The summed E-state index contributed by atoms with van der Waals surface area (Å²) in [7, 11) is 0. The third kappa shape index (κ3) is 1.26. The number of aliphatic imine (C=N–C) groups is 1. The van der Waals surface area contributed by atoms with E-state index in [9.17, 15) is 0 Å². The molecule has 0 fully saturated rings. The van der Waals surface area contributed by atoms with Crippen LogP contribution in [0.3, 0.4) is 0 Å². The molecule has 0 bridgehead atoms. The summed E-state index contributed by atoms with van der Waals surface area (Å²) in [6, 6.07) is 0. The lowest BCUT2D eigenvalue weighted by Crippen LogP contribution is -2.04. The van der Waals surface area contributed by atoms with Crippen molar-refractivity contribution in [3.8, 4) is 0 Å². The van der Waals surface area contributed by atoms with Gasteiger partial charge < -0.3 is 5.73 Å². The van der Waals surface area contributed by atoms with Crippen molar-refractivity contribution in [1.29, 1.82) is 5.41 Å². The summed E-state index contributed by atoms with van der Waals surface area (Å²) >= 11 is 2.11. The largest absolute Gasteiger partial charge is 0.404 e. The van der Waals surface area contributed by atoms with Crippen molar-refractivity contribution in [2.45, 2.75) is 0 Å². The van der Waals surface area contributed by atoms with Crippen LogP contribution in [0.15, 0.2) is 26.4 Å². The summed E-state index contributed by atoms with van der Waals surface area (Å²) < 4.78 is 0.958. The zero-order valence-electron chi connectivity index (χ0n) is 5.13. The van der Waals surface area contributed by atoms with Gasteiger partial charge in [0.25, 0.3) is 0 Å². The second-order valence-corrected chi connectivity index (χ2v) is 2.88. The second kappa shape index (κ2) is 2.96. The monoisotopic (exact) mass is 247 g/mol. The van der Waals surface area contributed by atoms with Gasteiger partial charge in [-0.05, 0) is 28.7 Å². The number of dihydropyridines is 1. The molecule has 0 atom stereocenters. The lowest BCUT2D eigenvalue weighted by molar-refractivity contribution is 1.40. The lowest BCUT2D eigenvalue weighted by Gasteiger charge is -2.05. The van der Waals surface area contributed by atoms with E-state index in [-0.39, 0.29) is 5.84 Å². The predicted octanol–water partition coefficient (Wildman–Crippen LogP) is 1.21. The highest BCUT2D eigenvalue weighted by Crippen LogP contribution is 2.20. The number of nitrogens with two attached hydrogens (primary N) is 1. The fourth-order valence-corrected chi connectivity index (χ4v) is 1.20. The van der Waals surface area contributed by atoms with Crippen LogP contribution >= 0.6 is 22.6 Å². The van der Waals surface area contributed by atoms with Crippen LogP contribution in [0.1, 0.15) is 0 Å². The molecule has 0 spiro atoms. The van der Waals surface area contributed by atoms with Crippen LogP contribution in [0, 0.1) is 5.41 Å². The van der Waals surface area contributed by atoms with Gasteiger partial charge in [-0.2, -0.15) is 0 Å². The Labute approximate surface area is 72.4 Å². The highest BCUT2D eigenvalue weighted by molar-refractivity contribution is 14.1. The van der Waals surface area contributed by atoms with E-state index in [1.54, 1.807) is 6.21 Å². The van der Waals surface area contributed by atoms with Gasteiger partial charge in [0.1, 0.15) is 0 Å². The van der Waals surface area contributed by atoms with Crippen LogP contribution in [0.5, 0.6) is 0 Å². The van der Waals surface area contributed by atoms with Crippen LogP contribution in [0.4, 0.5) is 0 Å². The SMILES string of the molecule is N=C1N=CC=C(I)/C1=C/N. The number of rotatable bonds is 0. The summed E-state index contributed by atoms with van der Waals surface area (Å²) in [4.78, 5) is 3.76. The van der Waals surface area contributed by atoms with Crippen LogP contribution in [-0.2, 0) is 0 Å². The summed E-state index contributed by atoms with van der Waals surface area (Å²) in [5.74, 6) is 0.231. The van der Waals surface area contributed by atoms with E-state index in [0.29, 0.717) is 5.57 Å². The summed E-state index contributed by atoms with van der Waals surface area (Å²) in [5.41, 5.74) is 5.96. The fourth-order valence-electron chi connectivity index (χ4n) is 0.608. The maximum absolute atomic E-state index is 7.28. The molecular formula is C6H6IN3. The van der Waals surface area contributed by atoms with Gasteiger partial charge in [0, 0.05) is 21.6 Å². The maximum Gasteiger partial charge on any atom is 0.154 e. The average molecular weight is 247 g/mol. The van der Waals surface area contributed by atoms with Gasteiger partial charge in [0.05, 0.1) is 0 Å². The van der Waals surface area contributed by atoms with Gasteiger partial charge in [-0.3, -0.25) is 5.41 Å². The van der Waals surface area contributed by atoms with E-state index in [1.165, 1.54) is 6.20 Å². The fraction of sp³-hybridized carbons (Fsp3) is 0. The molecule has 0 aliphatic carbocycles. The molecule has 3 N–H and O–H groups in total. The molecule has 1 rings (SSSR count). The lowest BCUT2D eigenvalue weighted by atomic mass is 10.2. The molecule has 3 nitrogen and oxygen atoms in total. The molecule has 1 heterocycles. The minimum Gasteiger partial charge on any atom is -0.404 e. The van der Waals surface area contributed by atoms with Crippen LogP contribution in [-0.4, -0.2) is 12.1 Å². The molecule has 0 unspecified atom stereocenters. The van der Waals surface area contributed by atoms with Crippen molar-refractivity contribution in [1.82, 2.24) is 0 Å². The van der Waals surface area contributed by atoms with Crippen molar-refractivity contribution < 1.29 is 0 Å². The zero-order chi connectivity index (χ0) is 7.56. The van der Waals surface area contributed by atoms with E-state index < -0.39 is 0 Å². The highest BCUT2D eigenvalue weighted by atomic mass is 127. The van der Waals surface area contributed by atoms with Gasteiger partial charge in [0.15, 0.2) is 5.84 Å². The topological polar surface area (TPSA) is 62.2 Å². The average Bonchev–Trinajstić information content (AvgIpc) is 1.88. The first-order valence-electron chi connectivity index (χ1n) is 2.66. The quantitative estimate of drug-likeness (QED) is 0.621. The Hall–Kier alpha value is -0.650. The Morgan fingerprint density at radius 3 is 2.80 bits per heavy atom. The molecule has 0 saturated carbocycles. The third-order valence-electron chi connectivity index (χ3n) is 1.10. The molecule has 4 heteroatoms. The number of nitrogens with zero attached hydrogens (tertiary/aromatic N) is 1. The van der Waals surface area contributed by atoms with Crippen molar-refractivity contribution in [3.63, 3.8) is 0 Å². The molecule has 0 aromatic carbocycles. The Balaban J connectivity index is 3.04. The third-order valence-corrected chi connectivity index (χ3v) is 2.04. The first-order valence-corrected chi connectivity index (χ1v) is 3.74. The number of amidine groups is 1. The van der Waals surface area contributed by atoms with Crippen molar-refractivity contribution in [2.75, 3.05) is 0 Å². The summed E-state index contributed by atoms with van der Waals surface area (Å²) in [5, 5.41) is 7.28. The zero-order valence-corrected chi connectivity index (χ0v) is 7.29.